The van der Waals surface area contributed by atoms with Crippen LogP contribution in [0, 0.1) is 13.8 Å². The van der Waals surface area contributed by atoms with Crippen LogP contribution in [0.4, 0.5) is 0 Å². The summed E-state index contributed by atoms with van der Waals surface area (Å²) in [6.07, 6.45) is 2.53. The van der Waals surface area contributed by atoms with Gasteiger partial charge < -0.3 is 10.1 Å². The largest absolute Gasteiger partial charge is 0.490 e. The maximum absolute atomic E-state index is 12.5. The Morgan fingerprint density at radius 2 is 1.92 bits per heavy atom. The van der Waals surface area contributed by atoms with Crippen LogP contribution in [0.3, 0.4) is 0 Å². The lowest BCUT2D eigenvalue weighted by Crippen LogP contribution is -2.28. The maximum atomic E-state index is 12.5. The first-order chi connectivity index (χ1) is 11.5. The topological polar surface area (TPSA) is 38.3 Å². The molecule has 0 fully saturated rings. The summed E-state index contributed by atoms with van der Waals surface area (Å²) in [5.74, 6) is 0.657. The zero-order valence-electron chi connectivity index (χ0n) is 14.6. The van der Waals surface area contributed by atoms with E-state index in [2.05, 4.69) is 50.9 Å². The van der Waals surface area contributed by atoms with Crippen LogP contribution < -0.4 is 10.1 Å². The molecule has 0 radical (unpaired) electrons. The highest BCUT2D eigenvalue weighted by atomic mass is 16.5. The van der Waals surface area contributed by atoms with Crippen molar-refractivity contribution in [1.82, 2.24) is 5.32 Å². The van der Waals surface area contributed by atoms with E-state index >= 15 is 0 Å². The van der Waals surface area contributed by atoms with Crippen molar-refractivity contribution in [3.63, 3.8) is 0 Å². The first-order valence-electron chi connectivity index (χ1n) is 8.27. The van der Waals surface area contributed by atoms with E-state index in [4.69, 9.17) is 4.74 Å². The molecule has 2 aromatic rings. The Kier molecular flexibility index (Phi) is 6.19. The fourth-order valence-electron chi connectivity index (χ4n) is 2.72. The first kappa shape index (κ1) is 17.8. The van der Waals surface area contributed by atoms with Gasteiger partial charge in [-0.25, -0.2) is 0 Å². The third-order valence-electron chi connectivity index (χ3n) is 4.00. The molecule has 0 aliphatic heterocycles. The normalized spacial score (nSPS) is 11.6. The van der Waals surface area contributed by atoms with Gasteiger partial charge in [0.2, 0.25) is 0 Å². The number of aryl methyl sites for hydroxylation is 2. The molecule has 0 bridgehead atoms. The molecule has 2 aromatic carbocycles. The average molecular weight is 323 g/mol. The van der Waals surface area contributed by atoms with Crippen LogP contribution >= 0.6 is 0 Å². The van der Waals surface area contributed by atoms with E-state index in [1.54, 1.807) is 30.3 Å². The van der Waals surface area contributed by atoms with Crippen LogP contribution in [-0.2, 0) is 0 Å². The van der Waals surface area contributed by atoms with E-state index in [1.807, 2.05) is 0 Å². The van der Waals surface area contributed by atoms with Crippen LogP contribution in [0.5, 0.6) is 5.75 Å². The molecule has 1 amide bonds. The van der Waals surface area contributed by atoms with Crippen LogP contribution in [0.15, 0.2) is 55.1 Å². The number of benzene rings is 2. The third-order valence-corrected chi connectivity index (χ3v) is 4.00. The number of hydrogen-bond acceptors (Lipinski definition) is 2. The minimum Gasteiger partial charge on any atom is -0.490 e. The zero-order valence-corrected chi connectivity index (χ0v) is 14.6. The smallest absolute Gasteiger partial charge is 0.251 e. The number of carbonyl (C=O) groups excluding carboxylic acids is 1. The molecule has 0 saturated heterocycles. The van der Waals surface area contributed by atoms with E-state index in [1.165, 1.54) is 16.7 Å². The standard InChI is InChI=1S/C21H25NO2/c1-5-13-24-18-10-8-17(9-11-18)21(23)22-20(6-2)19-12-7-15(3)14-16(19)4/h5,7-12,14,20H,1,6,13H2,2-4H3,(H,22,23)/t20-/m0/s1. The van der Waals surface area contributed by atoms with E-state index < -0.39 is 0 Å². The molecular formula is C21H25NO2. The van der Waals surface area contributed by atoms with Gasteiger partial charge in [0.1, 0.15) is 12.4 Å². The molecule has 0 aromatic heterocycles. The van der Waals surface area contributed by atoms with E-state index in [0.29, 0.717) is 12.2 Å². The van der Waals surface area contributed by atoms with Gasteiger partial charge in [-0.3, -0.25) is 4.79 Å². The molecule has 0 saturated carbocycles. The number of ether oxygens (including phenoxy) is 1. The lowest BCUT2D eigenvalue weighted by Gasteiger charge is -2.20. The van der Waals surface area contributed by atoms with Crippen molar-refractivity contribution in [3.05, 3.63) is 77.4 Å². The van der Waals surface area contributed by atoms with Crippen LogP contribution in [-0.4, -0.2) is 12.5 Å². The highest BCUT2D eigenvalue weighted by molar-refractivity contribution is 5.94. The van der Waals surface area contributed by atoms with Crippen LogP contribution in [0.1, 0.15) is 46.4 Å². The third kappa shape index (κ3) is 4.48. The van der Waals surface area contributed by atoms with Gasteiger partial charge in [0.25, 0.3) is 5.91 Å². The predicted octanol–water partition coefficient (Wildman–Crippen LogP) is 4.75. The molecular weight excluding hydrogens is 298 g/mol. The lowest BCUT2D eigenvalue weighted by atomic mass is 9.97. The van der Waals surface area contributed by atoms with Crippen LogP contribution in [0.25, 0.3) is 0 Å². The summed E-state index contributed by atoms with van der Waals surface area (Å²) in [4.78, 5) is 12.5. The Morgan fingerprint density at radius 1 is 1.21 bits per heavy atom. The lowest BCUT2D eigenvalue weighted by molar-refractivity contribution is 0.0935. The first-order valence-corrected chi connectivity index (χ1v) is 8.27. The summed E-state index contributed by atoms with van der Waals surface area (Å²) in [6.45, 7) is 10.3. The molecule has 2 rings (SSSR count). The minimum absolute atomic E-state index is 0.00907. The van der Waals surface area contributed by atoms with E-state index in [-0.39, 0.29) is 11.9 Å². The Balaban J connectivity index is 2.10. The van der Waals surface area contributed by atoms with Crippen molar-refractivity contribution in [2.75, 3.05) is 6.61 Å². The number of nitrogens with one attached hydrogen (secondary N) is 1. The molecule has 0 unspecified atom stereocenters. The van der Waals surface area contributed by atoms with Crippen molar-refractivity contribution in [1.29, 1.82) is 0 Å². The van der Waals surface area contributed by atoms with Gasteiger partial charge in [0, 0.05) is 5.56 Å². The highest BCUT2D eigenvalue weighted by Gasteiger charge is 2.16. The molecule has 0 spiro atoms. The summed E-state index contributed by atoms with van der Waals surface area (Å²) < 4.78 is 5.44. The SMILES string of the molecule is C=CCOc1ccc(C(=O)N[C@@H](CC)c2ccc(C)cc2C)cc1. The number of amides is 1. The Morgan fingerprint density at radius 3 is 2.50 bits per heavy atom. The average Bonchev–Trinajstić information content (AvgIpc) is 2.58. The van der Waals surface area contributed by atoms with Crippen molar-refractivity contribution >= 4 is 5.91 Å². The predicted molar refractivity (Wildman–Crippen MR) is 98.5 cm³/mol. The highest BCUT2D eigenvalue weighted by Crippen LogP contribution is 2.22. The molecule has 0 aliphatic rings. The number of carbonyl (C=O) groups is 1. The van der Waals surface area contributed by atoms with Gasteiger partial charge in [0.15, 0.2) is 0 Å². The molecule has 24 heavy (non-hydrogen) atoms. The second kappa shape index (κ2) is 8.34. The molecule has 3 nitrogen and oxygen atoms in total. The van der Waals surface area contributed by atoms with Gasteiger partial charge in [-0.1, -0.05) is 43.3 Å². The van der Waals surface area contributed by atoms with Crippen LogP contribution in [0.2, 0.25) is 0 Å². The maximum Gasteiger partial charge on any atom is 0.251 e. The van der Waals surface area contributed by atoms with Gasteiger partial charge in [0.05, 0.1) is 6.04 Å². The van der Waals surface area contributed by atoms with Crippen molar-refractivity contribution in [3.8, 4) is 5.75 Å². The second-order valence-corrected chi connectivity index (χ2v) is 5.92. The summed E-state index contributed by atoms with van der Waals surface area (Å²) in [5.41, 5.74) is 4.23. The molecule has 126 valence electrons. The van der Waals surface area contributed by atoms with E-state index in [0.717, 1.165) is 12.2 Å². The molecule has 0 aliphatic carbocycles. The van der Waals surface area contributed by atoms with Gasteiger partial charge in [-0.2, -0.15) is 0 Å². The van der Waals surface area contributed by atoms with Gasteiger partial charge in [-0.05, 0) is 55.7 Å². The molecule has 1 atom stereocenters. The summed E-state index contributed by atoms with van der Waals surface area (Å²) >= 11 is 0. The fraction of sp³-hybridized carbons (Fsp3) is 0.286. The number of hydrogen-bond donors (Lipinski definition) is 1. The molecule has 0 heterocycles. The Labute approximate surface area is 144 Å². The van der Waals surface area contributed by atoms with Gasteiger partial charge in [-0.15, -0.1) is 0 Å². The van der Waals surface area contributed by atoms with Crippen molar-refractivity contribution in [2.45, 2.75) is 33.2 Å². The molecule has 3 heteroatoms. The van der Waals surface area contributed by atoms with Crippen molar-refractivity contribution < 1.29 is 9.53 Å². The molecule has 1 N–H and O–H groups in total. The monoisotopic (exact) mass is 323 g/mol. The number of rotatable bonds is 7. The van der Waals surface area contributed by atoms with Gasteiger partial charge >= 0.3 is 0 Å². The summed E-state index contributed by atoms with van der Waals surface area (Å²) in [7, 11) is 0. The summed E-state index contributed by atoms with van der Waals surface area (Å²) in [6, 6.07) is 13.5. The summed E-state index contributed by atoms with van der Waals surface area (Å²) in [5, 5.41) is 3.13. The Bertz CT molecular complexity index is 704. The minimum atomic E-state index is -0.0721. The second-order valence-electron chi connectivity index (χ2n) is 5.92. The van der Waals surface area contributed by atoms with Crippen molar-refractivity contribution in [2.24, 2.45) is 0 Å². The zero-order chi connectivity index (χ0) is 17.5. The quantitative estimate of drug-likeness (QED) is 0.747. The Hall–Kier alpha value is -2.55. The fourth-order valence-corrected chi connectivity index (χ4v) is 2.72. The van der Waals surface area contributed by atoms with E-state index in [9.17, 15) is 4.79 Å².